The predicted octanol–water partition coefficient (Wildman–Crippen LogP) is 2.82. The van der Waals surface area contributed by atoms with E-state index in [4.69, 9.17) is 30.5 Å². The minimum Gasteiger partial charge on any atom is -0.487 e. The number of amides is 1. The fraction of sp³-hybridized carbons (Fsp3) is 0.316. The zero-order valence-corrected chi connectivity index (χ0v) is 15.7. The van der Waals surface area contributed by atoms with Crippen LogP contribution < -0.4 is 24.8 Å². The number of halogens is 1. The molecule has 2 aromatic carbocycles. The van der Waals surface area contributed by atoms with Crippen molar-refractivity contribution >= 4 is 23.2 Å². The summed E-state index contributed by atoms with van der Waals surface area (Å²) in [5.41, 5.74) is 1.58. The van der Waals surface area contributed by atoms with Crippen molar-refractivity contribution in [3.05, 3.63) is 47.0 Å². The molecule has 1 heterocycles. The molecule has 1 amide bonds. The Kier molecular flexibility index (Phi) is 6.62. The largest absolute Gasteiger partial charge is 0.487 e. The van der Waals surface area contributed by atoms with Gasteiger partial charge in [-0.3, -0.25) is 4.79 Å². The van der Waals surface area contributed by atoms with E-state index >= 15 is 0 Å². The highest BCUT2D eigenvalue weighted by molar-refractivity contribution is 6.32. The standard InChI is InChI=1S/C19H21ClN2O5/c1-24-7-8-25-19-14(20)3-2-4-15(19)21-11-18(23)22-10-13-5-6-16-17(9-13)27-12-26-16/h2-6,9,21H,7-8,10-12H2,1H3,(H,22,23). The van der Waals surface area contributed by atoms with E-state index < -0.39 is 0 Å². The van der Waals surface area contributed by atoms with Gasteiger partial charge in [-0.1, -0.05) is 23.7 Å². The van der Waals surface area contributed by atoms with E-state index in [9.17, 15) is 4.79 Å². The lowest BCUT2D eigenvalue weighted by atomic mass is 10.2. The number of methoxy groups -OCH3 is 1. The second-order valence-corrected chi connectivity index (χ2v) is 6.18. The smallest absolute Gasteiger partial charge is 0.239 e. The molecule has 0 saturated carbocycles. The maximum atomic E-state index is 12.2. The Labute approximate surface area is 162 Å². The molecule has 3 rings (SSSR count). The Morgan fingerprint density at radius 2 is 2.04 bits per heavy atom. The summed E-state index contributed by atoms with van der Waals surface area (Å²) in [6, 6.07) is 10.9. The topological polar surface area (TPSA) is 78.1 Å². The number of hydrogen-bond acceptors (Lipinski definition) is 6. The number of carbonyl (C=O) groups is 1. The van der Waals surface area contributed by atoms with Crippen LogP contribution in [0.15, 0.2) is 36.4 Å². The van der Waals surface area contributed by atoms with Gasteiger partial charge in [-0.15, -0.1) is 0 Å². The Hall–Kier alpha value is -2.64. The maximum absolute atomic E-state index is 12.2. The molecule has 0 saturated heterocycles. The van der Waals surface area contributed by atoms with E-state index in [0.29, 0.717) is 47.7 Å². The Bertz CT molecular complexity index is 800. The van der Waals surface area contributed by atoms with Crippen molar-refractivity contribution in [2.24, 2.45) is 0 Å². The molecule has 0 aliphatic carbocycles. The van der Waals surface area contributed by atoms with Crippen molar-refractivity contribution in [3.8, 4) is 17.2 Å². The van der Waals surface area contributed by atoms with Gasteiger partial charge in [-0.05, 0) is 29.8 Å². The second kappa shape index (κ2) is 9.34. The number of rotatable bonds is 9. The molecule has 27 heavy (non-hydrogen) atoms. The van der Waals surface area contributed by atoms with Crippen LogP contribution in [0.2, 0.25) is 5.02 Å². The Morgan fingerprint density at radius 1 is 1.19 bits per heavy atom. The van der Waals surface area contributed by atoms with Gasteiger partial charge in [0.05, 0.1) is 23.9 Å². The summed E-state index contributed by atoms with van der Waals surface area (Å²) in [7, 11) is 1.60. The molecule has 7 nitrogen and oxygen atoms in total. The van der Waals surface area contributed by atoms with Crippen LogP contribution in [0.1, 0.15) is 5.56 Å². The first-order chi connectivity index (χ1) is 13.2. The van der Waals surface area contributed by atoms with Gasteiger partial charge in [0.1, 0.15) is 6.61 Å². The van der Waals surface area contributed by atoms with Crippen LogP contribution in [-0.2, 0) is 16.1 Å². The van der Waals surface area contributed by atoms with Crippen molar-refractivity contribution in [2.75, 3.05) is 39.0 Å². The number of para-hydroxylation sites is 1. The molecule has 0 radical (unpaired) electrons. The average molecular weight is 393 g/mol. The van der Waals surface area contributed by atoms with Crippen LogP contribution in [0.3, 0.4) is 0 Å². The van der Waals surface area contributed by atoms with Crippen LogP contribution in [0.25, 0.3) is 0 Å². The minimum atomic E-state index is -0.157. The SMILES string of the molecule is COCCOc1c(Cl)cccc1NCC(=O)NCc1ccc2c(c1)OCO2. The summed E-state index contributed by atoms with van der Waals surface area (Å²) in [5.74, 6) is 1.75. The van der Waals surface area contributed by atoms with Gasteiger partial charge in [0.2, 0.25) is 12.7 Å². The van der Waals surface area contributed by atoms with E-state index in [1.54, 1.807) is 25.3 Å². The van der Waals surface area contributed by atoms with Crippen molar-refractivity contribution in [1.82, 2.24) is 5.32 Å². The molecule has 144 valence electrons. The highest BCUT2D eigenvalue weighted by Gasteiger charge is 2.14. The molecule has 8 heteroatoms. The van der Waals surface area contributed by atoms with E-state index in [-0.39, 0.29) is 19.2 Å². The normalized spacial score (nSPS) is 11.9. The molecule has 0 bridgehead atoms. The number of ether oxygens (including phenoxy) is 4. The number of nitrogens with one attached hydrogen (secondary N) is 2. The molecule has 0 unspecified atom stereocenters. The quantitative estimate of drug-likeness (QED) is 0.639. The fourth-order valence-electron chi connectivity index (χ4n) is 2.51. The lowest BCUT2D eigenvalue weighted by Crippen LogP contribution is -2.29. The third-order valence-electron chi connectivity index (χ3n) is 3.87. The second-order valence-electron chi connectivity index (χ2n) is 5.78. The molecule has 0 spiro atoms. The predicted molar refractivity (Wildman–Crippen MR) is 102 cm³/mol. The number of carbonyl (C=O) groups excluding carboxylic acids is 1. The fourth-order valence-corrected chi connectivity index (χ4v) is 2.74. The van der Waals surface area contributed by atoms with Crippen LogP contribution in [0, 0.1) is 0 Å². The summed E-state index contributed by atoms with van der Waals surface area (Å²) in [6.45, 7) is 1.52. The summed E-state index contributed by atoms with van der Waals surface area (Å²) in [4.78, 5) is 12.2. The third kappa shape index (κ3) is 5.18. The van der Waals surface area contributed by atoms with E-state index in [2.05, 4.69) is 10.6 Å². The van der Waals surface area contributed by atoms with Crippen LogP contribution in [0.4, 0.5) is 5.69 Å². The van der Waals surface area contributed by atoms with Gasteiger partial charge in [0.25, 0.3) is 0 Å². The monoisotopic (exact) mass is 392 g/mol. The molecule has 0 aromatic heterocycles. The molecule has 0 atom stereocenters. The van der Waals surface area contributed by atoms with Crippen LogP contribution in [0.5, 0.6) is 17.2 Å². The van der Waals surface area contributed by atoms with Gasteiger partial charge in [-0.2, -0.15) is 0 Å². The Morgan fingerprint density at radius 3 is 2.89 bits per heavy atom. The first-order valence-electron chi connectivity index (χ1n) is 8.46. The molecular formula is C19H21ClN2O5. The van der Waals surface area contributed by atoms with Gasteiger partial charge >= 0.3 is 0 Å². The van der Waals surface area contributed by atoms with Gasteiger partial charge in [-0.25, -0.2) is 0 Å². The zero-order chi connectivity index (χ0) is 19.1. The molecule has 2 N–H and O–H groups in total. The highest BCUT2D eigenvalue weighted by Crippen LogP contribution is 2.33. The number of benzene rings is 2. The van der Waals surface area contributed by atoms with E-state index in [0.717, 1.165) is 5.56 Å². The molecule has 1 aliphatic rings. The first kappa shape index (κ1) is 19.1. The summed E-state index contributed by atoms with van der Waals surface area (Å²) in [6.07, 6.45) is 0. The lowest BCUT2D eigenvalue weighted by Gasteiger charge is -2.14. The Balaban J connectivity index is 1.51. The van der Waals surface area contributed by atoms with Gasteiger partial charge < -0.3 is 29.6 Å². The summed E-state index contributed by atoms with van der Waals surface area (Å²) < 4.78 is 21.2. The van der Waals surface area contributed by atoms with E-state index in [1.807, 2.05) is 18.2 Å². The first-order valence-corrected chi connectivity index (χ1v) is 8.84. The van der Waals surface area contributed by atoms with Crippen molar-refractivity contribution < 1.29 is 23.7 Å². The number of anilines is 1. The molecule has 0 fully saturated rings. The van der Waals surface area contributed by atoms with Crippen LogP contribution in [-0.4, -0.2) is 39.6 Å². The molecule has 2 aromatic rings. The number of fused-ring (bicyclic) bond motifs is 1. The third-order valence-corrected chi connectivity index (χ3v) is 4.16. The van der Waals surface area contributed by atoms with Crippen LogP contribution >= 0.6 is 11.6 Å². The minimum absolute atomic E-state index is 0.0888. The van der Waals surface area contributed by atoms with Crippen molar-refractivity contribution in [3.63, 3.8) is 0 Å². The summed E-state index contributed by atoms with van der Waals surface area (Å²) >= 11 is 6.18. The van der Waals surface area contributed by atoms with Gasteiger partial charge in [0, 0.05) is 13.7 Å². The lowest BCUT2D eigenvalue weighted by molar-refractivity contribution is -0.119. The highest BCUT2D eigenvalue weighted by atomic mass is 35.5. The maximum Gasteiger partial charge on any atom is 0.239 e. The van der Waals surface area contributed by atoms with Crippen molar-refractivity contribution in [1.29, 1.82) is 0 Å². The zero-order valence-electron chi connectivity index (χ0n) is 14.9. The average Bonchev–Trinajstić information content (AvgIpc) is 3.14. The van der Waals surface area contributed by atoms with Crippen molar-refractivity contribution in [2.45, 2.75) is 6.54 Å². The molecular weight excluding hydrogens is 372 g/mol. The summed E-state index contributed by atoms with van der Waals surface area (Å²) in [5, 5.41) is 6.38. The van der Waals surface area contributed by atoms with E-state index in [1.165, 1.54) is 0 Å². The van der Waals surface area contributed by atoms with Gasteiger partial charge in [0.15, 0.2) is 17.2 Å². The molecule has 1 aliphatic heterocycles. The number of hydrogen-bond donors (Lipinski definition) is 2.